The zero-order valence-electron chi connectivity index (χ0n) is 12.0. The van der Waals surface area contributed by atoms with Crippen LogP contribution >= 0.6 is 0 Å². The second kappa shape index (κ2) is 6.76. The maximum Gasteiger partial charge on any atom is 0.138 e. The summed E-state index contributed by atoms with van der Waals surface area (Å²) in [5.41, 5.74) is 1.09. The number of halogens is 1. The van der Waals surface area contributed by atoms with Crippen molar-refractivity contribution < 1.29 is 4.39 Å². The van der Waals surface area contributed by atoms with Gasteiger partial charge in [0.2, 0.25) is 0 Å². The molecule has 5 nitrogen and oxygen atoms in total. The number of rotatable bonds is 5. The topological polar surface area (TPSA) is 46.8 Å². The van der Waals surface area contributed by atoms with Gasteiger partial charge < -0.3 is 0 Å². The fraction of sp³-hybridized carbons (Fsp3) is 0.533. The molecule has 3 rings (SSSR count). The summed E-state index contributed by atoms with van der Waals surface area (Å²) in [6, 6.07) is 7.35. The van der Waals surface area contributed by atoms with Crippen LogP contribution in [0, 0.1) is 5.82 Å². The van der Waals surface area contributed by atoms with E-state index >= 15 is 0 Å². The van der Waals surface area contributed by atoms with E-state index < -0.39 is 0 Å². The molecule has 112 valence electrons. The van der Waals surface area contributed by atoms with Crippen LogP contribution in [0.5, 0.6) is 0 Å². The molecule has 0 aliphatic carbocycles. The lowest BCUT2D eigenvalue weighted by Gasteiger charge is -2.36. The third-order valence-corrected chi connectivity index (χ3v) is 4.07. The second-order valence-electron chi connectivity index (χ2n) is 5.53. The molecule has 6 heteroatoms. The van der Waals surface area contributed by atoms with Gasteiger partial charge in [-0.2, -0.15) is 0 Å². The third kappa shape index (κ3) is 3.64. The van der Waals surface area contributed by atoms with Crippen LogP contribution in [0.3, 0.4) is 0 Å². The molecule has 0 bridgehead atoms. The van der Waals surface area contributed by atoms with Gasteiger partial charge in [0, 0.05) is 19.1 Å². The number of hydrogen-bond acceptors (Lipinski definition) is 4. The van der Waals surface area contributed by atoms with Gasteiger partial charge in [0.05, 0.1) is 0 Å². The lowest BCUT2D eigenvalue weighted by Crippen LogP contribution is -2.34. The van der Waals surface area contributed by atoms with Crippen molar-refractivity contribution in [1.29, 1.82) is 0 Å². The van der Waals surface area contributed by atoms with Crippen molar-refractivity contribution in [1.82, 2.24) is 25.1 Å². The molecular weight excluding hydrogens is 269 g/mol. The monoisotopic (exact) mass is 289 g/mol. The first-order chi connectivity index (χ1) is 10.3. The minimum Gasteiger partial charge on any atom is -0.296 e. The molecule has 1 saturated heterocycles. The largest absolute Gasteiger partial charge is 0.296 e. The zero-order valence-corrected chi connectivity index (χ0v) is 12.0. The summed E-state index contributed by atoms with van der Waals surface area (Å²) in [5, 5.41) is 11.1. The van der Waals surface area contributed by atoms with Gasteiger partial charge in [-0.1, -0.05) is 18.6 Å². The highest BCUT2D eigenvalue weighted by molar-refractivity contribution is 5.20. The molecule has 1 aromatic carbocycles. The lowest BCUT2D eigenvalue weighted by atomic mass is 9.95. The Labute approximate surface area is 123 Å². The number of likely N-dealkylation sites (tertiary alicyclic amines) is 1. The fourth-order valence-electron chi connectivity index (χ4n) is 3.07. The van der Waals surface area contributed by atoms with E-state index in [1.807, 2.05) is 6.07 Å². The fourth-order valence-corrected chi connectivity index (χ4v) is 3.07. The van der Waals surface area contributed by atoms with Crippen LogP contribution in [0.1, 0.15) is 37.3 Å². The van der Waals surface area contributed by atoms with E-state index in [0.29, 0.717) is 6.04 Å². The van der Waals surface area contributed by atoms with Crippen LogP contribution in [0.2, 0.25) is 0 Å². The maximum absolute atomic E-state index is 13.4. The van der Waals surface area contributed by atoms with Gasteiger partial charge in [0.25, 0.3) is 0 Å². The quantitative estimate of drug-likeness (QED) is 0.848. The van der Waals surface area contributed by atoms with Gasteiger partial charge in [0.1, 0.15) is 12.1 Å². The Bertz CT molecular complexity index is 557. The van der Waals surface area contributed by atoms with E-state index in [-0.39, 0.29) is 5.82 Å². The summed E-state index contributed by atoms with van der Waals surface area (Å²) in [6.45, 7) is 2.89. The molecule has 1 aromatic heterocycles. The zero-order chi connectivity index (χ0) is 14.5. The smallest absolute Gasteiger partial charge is 0.138 e. The van der Waals surface area contributed by atoms with E-state index in [1.54, 1.807) is 23.1 Å². The molecule has 0 radical (unpaired) electrons. The first-order valence-electron chi connectivity index (χ1n) is 7.53. The van der Waals surface area contributed by atoms with Gasteiger partial charge >= 0.3 is 0 Å². The Balaban J connectivity index is 1.61. The molecule has 2 heterocycles. The van der Waals surface area contributed by atoms with Crippen LogP contribution in [-0.2, 0) is 6.54 Å². The van der Waals surface area contributed by atoms with E-state index in [0.717, 1.165) is 38.0 Å². The van der Waals surface area contributed by atoms with Gasteiger partial charge in [-0.25, -0.2) is 9.07 Å². The van der Waals surface area contributed by atoms with Crippen LogP contribution in [0.15, 0.2) is 30.6 Å². The summed E-state index contributed by atoms with van der Waals surface area (Å²) in [5.74, 6) is -0.147. The van der Waals surface area contributed by atoms with Crippen LogP contribution in [-0.4, -0.2) is 38.2 Å². The van der Waals surface area contributed by atoms with Crippen molar-refractivity contribution in [2.75, 3.05) is 13.1 Å². The number of piperidine rings is 1. The van der Waals surface area contributed by atoms with Gasteiger partial charge in [0.15, 0.2) is 0 Å². The predicted molar refractivity (Wildman–Crippen MR) is 77.0 cm³/mol. The predicted octanol–water partition coefficient (Wildman–Crippen LogP) is 2.43. The molecule has 1 aliphatic heterocycles. The molecule has 0 spiro atoms. The summed E-state index contributed by atoms with van der Waals surface area (Å²) < 4.78 is 15.2. The standard InChI is InChI=1S/C15H20FN5/c16-14-6-3-5-13(11-14)15-7-1-2-8-20(15)9-4-10-21-12-17-18-19-21/h3,5-6,11-12,15H,1-2,4,7-10H2/t15-/m0/s1. The van der Waals surface area contributed by atoms with Crippen LogP contribution < -0.4 is 0 Å². The Kier molecular flexibility index (Phi) is 4.55. The number of aryl methyl sites for hydroxylation is 1. The lowest BCUT2D eigenvalue weighted by molar-refractivity contribution is 0.144. The highest BCUT2D eigenvalue weighted by Gasteiger charge is 2.23. The summed E-state index contributed by atoms with van der Waals surface area (Å²) in [7, 11) is 0. The minimum atomic E-state index is -0.147. The molecule has 0 N–H and O–H groups in total. The number of aromatic nitrogens is 4. The first-order valence-corrected chi connectivity index (χ1v) is 7.53. The Hall–Kier alpha value is -1.82. The molecule has 0 amide bonds. The summed E-state index contributed by atoms with van der Waals surface area (Å²) in [6.07, 6.45) is 6.17. The van der Waals surface area contributed by atoms with Crippen molar-refractivity contribution in [2.45, 2.75) is 38.3 Å². The highest BCUT2D eigenvalue weighted by atomic mass is 19.1. The number of tetrazole rings is 1. The molecule has 2 aromatic rings. The van der Waals surface area contributed by atoms with E-state index in [1.165, 1.54) is 18.9 Å². The van der Waals surface area contributed by atoms with Gasteiger partial charge in [-0.15, -0.1) is 5.10 Å². The molecule has 0 saturated carbocycles. The van der Waals surface area contributed by atoms with Crippen molar-refractivity contribution in [3.05, 3.63) is 42.0 Å². The van der Waals surface area contributed by atoms with E-state index in [4.69, 9.17) is 0 Å². The van der Waals surface area contributed by atoms with E-state index in [9.17, 15) is 4.39 Å². The van der Waals surface area contributed by atoms with Crippen molar-refractivity contribution in [2.24, 2.45) is 0 Å². The molecular formula is C15H20FN5. The van der Waals surface area contributed by atoms with Crippen molar-refractivity contribution in [3.8, 4) is 0 Å². The Morgan fingerprint density at radius 1 is 1.24 bits per heavy atom. The molecule has 1 aliphatic rings. The Morgan fingerprint density at radius 3 is 3.00 bits per heavy atom. The van der Waals surface area contributed by atoms with Crippen LogP contribution in [0.4, 0.5) is 4.39 Å². The third-order valence-electron chi connectivity index (χ3n) is 4.07. The van der Waals surface area contributed by atoms with Gasteiger partial charge in [-0.3, -0.25) is 4.90 Å². The number of benzene rings is 1. The van der Waals surface area contributed by atoms with E-state index in [2.05, 4.69) is 20.4 Å². The minimum absolute atomic E-state index is 0.147. The first kappa shape index (κ1) is 14.1. The molecule has 1 atom stereocenters. The number of hydrogen-bond donors (Lipinski definition) is 0. The van der Waals surface area contributed by atoms with Crippen molar-refractivity contribution in [3.63, 3.8) is 0 Å². The average molecular weight is 289 g/mol. The molecule has 1 fully saturated rings. The van der Waals surface area contributed by atoms with Crippen LogP contribution in [0.25, 0.3) is 0 Å². The summed E-state index contributed by atoms with van der Waals surface area (Å²) >= 11 is 0. The summed E-state index contributed by atoms with van der Waals surface area (Å²) in [4.78, 5) is 2.46. The molecule has 0 unspecified atom stereocenters. The molecule has 21 heavy (non-hydrogen) atoms. The van der Waals surface area contributed by atoms with Gasteiger partial charge in [-0.05, 0) is 53.9 Å². The normalized spacial score (nSPS) is 19.8. The maximum atomic E-state index is 13.4. The SMILES string of the molecule is Fc1cccc([C@@H]2CCCCN2CCCn2cnnn2)c1. The van der Waals surface area contributed by atoms with Crippen molar-refractivity contribution >= 4 is 0 Å². The Morgan fingerprint density at radius 2 is 2.19 bits per heavy atom. The average Bonchev–Trinajstić information content (AvgIpc) is 3.01. The second-order valence-corrected chi connectivity index (χ2v) is 5.53. The highest BCUT2D eigenvalue weighted by Crippen LogP contribution is 2.31. The number of nitrogens with zero attached hydrogens (tertiary/aromatic N) is 5.